The monoisotopic (exact) mass is 274 g/mol. The molecule has 2 heterocycles. The molecule has 3 aromatic rings. The van der Waals surface area contributed by atoms with Gasteiger partial charge < -0.3 is 15.5 Å². The van der Waals surface area contributed by atoms with E-state index >= 15 is 0 Å². The molecule has 0 unspecified atom stereocenters. The molecule has 0 saturated heterocycles. The second-order valence-electron chi connectivity index (χ2n) is 4.17. The predicted molar refractivity (Wildman–Crippen MR) is 77.2 cm³/mol. The van der Waals surface area contributed by atoms with Crippen LogP contribution in [0.1, 0.15) is 16.8 Å². The number of fused-ring (bicyclic) bond motifs is 1. The molecule has 0 atom stereocenters. The van der Waals surface area contributed by atoms with Crippen molar-refractivity contribution in [3.8, 4) is 0 Å². The molecule has 2 aromatic heterocycles. The van der Waals surface area contributed by atoms with Crippen molar-refractivity contribution in [1.29, 1.82) is 0 Å². The van der Waals surface area contributed by atoms with Gasteiger partial charge in [-0.1, -0.05) is 6.92 Å². The summed E-state index contributed by atoms with van der Waals surface area (Å²) in [6.07, 6.45) is 2.92. The maximum Gasteiger partial charge on any atom is 0.296 e. The van der Waals surface area contributed by atoms with Crippen molar-refractivity contribution in [2.75, 3.05) is 11.1 Å². The van der Waals surface area contributed by atoms with Gasteiger partial charge in [0.05, 0.1) is 6.54 Å². The maximum absolute atomic E-state index is 5.71. The first-order valence-electron chi connectivity index (χ1n) is 6.08. The molecule has 0 aliphatic rings. The fraction of sp³-hybridized carbons (Fsp3) is 0.231. The summed E-state index contributed by atoms with van der Waals surface area (Å²) < 4.78 is 5.58. The average molecular weight is 274 g/mol. The highest BCUT2D eigenvalue weighted by molar-refractivity contribution is 7.11. The molecule has 1 aromatic carbocycles. The summed E-state index contributed by atoms with van der Waals surface area (Å²) >= 11 is 1.70. The summed E-state index contributed by atoms with van der Waals surface area (Å²) in [5.41, 5.74) is 7.87. The van der Waals surface area contributed by atoms with Gasteiger partial charge in [0.25, 0.3) is 6.01 Å². The molecule has 0 bridgehead atoms. The maximum atomic E-state index is 5.71. The van der Waals surface area contributed by atoms with E-state index in [0.29, 0.717) is 18.2 Å². The number of aromatic nitrogens is 2. The normalized spacial score (nSPS) is 11.0. The predicted octanol–water partition coefficient (Wildman–Crippen LogP) is 3.04. The Morgan fingerprint density at radius 3 is 3.11 bits per heavy atom. The largest absolute Gasteiger partial charge is 0.424 e. The lowest BCUT2D eigenvalue weighted by Crippen LogP contribution is -1.98. The van der Waals surface area contributed by atoms with Gasteiger partial charge in [0, 0.05) is 16.8 Å². The van der Waals surface area contributed by atoms with E-state index in [-0.39, 0.29) is 0 Å². The Hall–Kier alpha value is -2.08. The molecular weight excluding hydrogens is 260 g/mol. The van der Waals surface area contributed by atoms with Crippen molar-refractivity contribution in [2.45, 2.75) is 19.9 Å². The number of anilines is 2. The Balaban J connectivity index is 1.74. The Morgan fingerprint density at radius 1 is 1.42 bits per heavy atom. The fourth-order valence-electron chi connectivity index (χ4n) is 1.76. The highest BCUT2D eigenvalue weighted by atomic mass is 32.1. The van der Waals surface area contributed by atoms with Gasteiger partial charge in [-0.2, -0.15) is 4.98 Å². The van der Waals surface area contributed by atoms with Gasteiger partial charge in [-0.3, -0.25) is 0 Å². The van der Waals surface area contributed by atoms with Crippen LogP contribution in [0, 0.1) is 0 Å². The summed E-state index contributed by atoms with van der Waals surface area (Å²) in [6.45, 7) is 2.74. The van der Waals surface area contributed by atoms with Crippen LogP contribution in [0.25, 0.3) is 11.1 Å². The van der Waals surface area contributed by atoms with Crippen molar-refractivity contribution < 1.29 is 4.42 Å². The van der Waals surface area contributed by atoms with E-state index in [4.69, 9.17) is 10.2 Å². The van der Waals surface area contributed by atoms with Crippen molar-refractivity contribution in [1.82, 2.24) is 9.97 Å². The average Bonchev–Trinajstić information content (AvgIpc) is 3.01. The molecule has 3 rings (SSSR count). The van der Waals surface area contributed by atoms with E-state index in [2.05, 4.69) is 22.2 Å². The second kappa shape index (κ2) is 4.89. The van der Waals surface area contributed by atoms with E-state index < -0.39 is 0 Å². The van der Waals surface area contributed by atoms with E-state index in [9.17, 15) is 0 Å². The zero-order valence-electron chi connectivity index (χ0n) is 10.5. The number of hydrogen-bond acceptors (Lipinski definition) is 6. The van der Waals surface area contributed by atoms with Gasteiger partial charge >= 0.3 is 0 Å². The van der Waals surface area contributed by atoms with Crippen LogP contribution in [0.4, 0.5) is 11.7 Å². The summed E-state index contributed by atoms with van der Waals surface area (Å²) in [4.78, 5) is 9.95. The molecule has 3 N–H and O–H groups in total. The molecule has 0 saturated carbocycles. The first-order chi connectivity index (χ1) is 9.24. The third-order valence-corrected chi connectivity index (χ3v) is 3.89. The Kier molecular flexibility index (Phi) is 3.08. The molecule has 0 aliphatic heterocycles. The van der Waals surface area contributed by atoms with E-state index in [1.807, 2.05) is 12.3 Å². The van der Waals surface area contributed by atoms with Crippen LogP contribution in [0.15, 0.2) is 28.8 Å². The van der Waals surface area contributed by atoms with Crippen molar-refractivity contribution in [3.63, 3.8) is 0 Å². The topological polar surface area (TPSA) is 77.0 Å². The standard InChI is InChI=1S/C13H14N4OS/c1-2-9-6-15-12(19-9)7-16-13-17-10-5-8(14)3-4-11(10)18-13/h3-6H,2,7,14H2,1H3,(H,16,17). The molecule has 5 nitrogen and oxygen atoms in total. The first-order valence-corrected chi connectivity index (χ1v) is 6.90. The SMILES string of the molecule is CCc1cnc(CNc2nc3cc(N)ccc3o2)s1. The minimum atomic E-state index is 0.494. The number of nitrogens with one attached hydrogen (secondary N) is 1. The second-order valence-corrected chi connectivity index (χ2v) is 5.37. The van der Waals surface area contributed by atoms with Crippen LogP contribution in [-0.4, -0.2) is 9.97 Å². The van der Waals surface area contributed by atoms with Gasteiger partial charge in [0.1, 0.15) is 10.5 Å². The van der Waals surface area contributed by atoms with Crippen LogP contribution >= 0.6 is 11.3 Å². The number of nitrogen functional groups attached to an aromatic ring is 1. The number of aryl methyl sites for hydroxylation is 1. The minimum absolute atomic E-state index is 0.494. The molecular formula is C13H14N4OS. The van der Waals surface area contributed by atoms with Gasteiger partial charge in [0.2, 0.25) is 0 Å². The number of thiazole rings is 1. The zero-order valence-corrected chi connectivity index (χ0v) is 11.3. The Morgan fingerprint density at radius 2 is 2.32 bits per heavy atom. The number of hydrogen-bond donors (Lipinski definition) is 2. The molecule has 0 radical (unpaired) electrons. The summed E-state index contributed by atoms with van der Waals surface area (Å²) in [5, 5.41) is 4.16. The third kappa shape index (κ3) is 2.53. The highest BCUT2D eigenvalue weighted by Crippen LogP contribution is 2.22. The van der Waals surface area contributed by atoms with Crippen LogP contribution in [0.5, 0.6) is 0 Å². The van der Waals surface area contributed by atoms with Gasteiger partial charge in [-0.15, -0.1) is 11.3 Å². The van der Waals surface area contributed by atoms with Gasteiger partial charge in [0.15, 0.2) is 5.58 Å². The smallest absolute Gasteiger partial charge is 0.296 e. The number of nitrogens with two attached hydrogens (primary N) is 1. The minimum Gasteiger partial charge on any atom is -0.424 e. The van der Waals surface area contributed by atoms with E-state index in [1.165, 1.54) is 4.88 Å². The Labute approximate surface area is 114 Å². The summed E-state index contributed by atoms with van der Waals surface area (Å²) in [5.74, 6) is 0. The lowest BCUT2D eigenvalue weighted by atomic mass is 10.3. The first kappa shape index (κ1) is 12.0. The lowest BCUT2D eigenvalue weighted by Gasteiger charge is -1.96. The van der Waals surface area contributed by atoms with Crippen LogP contribution in [0.2, 0.25) is 0 Å². The summed E-state index contributed by atoms with van der Waals surface area (Å²) in [7, 11) is 0. The van der Waals surface area contributed by atoms with Crippen molar-refractivity contribution in [3.05, 3.63) is 34.3 Å². The fourth-order valence-corrected chi connectivity index (χ4v) is 2.57. The number of nitrogens with zero attached hydrogens (tertiary/aromatic N) is 2. The van der Waals surface area contributed by atoms with Gasteiger partial charge in [-0.25, -0.2) is 4.98 Å². The van der Waals surface area contributed by atoms with E-state index in [0.717, 1.165) is 22.5 Å². The van der Waals surface area contributed by atoms with Crippen LogP contribution < -0.4 is 11.1 Å². The quantitative estimate of drug-likeness (QED) is 0.715. The molecule has 0 aliphatic carbocycles. The Bertz CT molecular complexity index is 704. The molecule has 98 valence electrons. The molecule has 0 spiro atoms. The molecule has 0 fully saturated rings. The van der Waals surface area contributed by atoms with Crippen LogP contribution in [0.3, 0.4) is 0 Å². The zero-order chi connectivity index (χ0) is 13.2. The highest BCUT2D eigenvalue weighted by Gasteiger charge is 2.07. The van der Waals surface area contributed by atoms with Crippen LogP contribution in [-0.2, 0) is 13.0 Å². The number of rotatable bonds is 4. The third-order valence-electron chi connectivity index (χ3n) is 2.75. The lowest BCUT2D eigenvalue weighted by molar-refractivity contribution is 0.614. The summed E-state index contributed by atoms with van der Waals surface area (Å²) in [6, 6.07) is 5.91. The van der Waals surface area contributed by atoms with Crippen molar-refractivity contribution in [2.24, 2.45) is 0 Å². The van der Waals surface area contributed by atoms with Gasteiger partial charge in [-0.05, 0) is 24.6 Å². The van der Waals surface area contributed by atoms with E-state index in [1.54, 1.807) is 23.5 Å². The molecule has 0 amide bonds. The number of oxazole rings is 1. The number of benzene rings is 1. The van der Waals surface area contributed by atoms with Crippen molar-refractivity contribution >= 4 is 34.1 Å². The molecule has 6 heteroatoms. The molecule has 19 heavy (non-hydrogen) atoms.